The van der Waals surface area contributed by atoms with Gasteiger partial charge in [0.1, 0.15) is 11.6 Å². The number of benzene rings is 1. The molecule has 1 saturated heterocycles. The van der Waals surface area contributed by atoms with Crippen LogP contribution in [0.1, 0.15) is 31.2 Å². The van der Waals surface area contributed by atoms with Crippen LogP contribution in [0.25, 0.3) is 0 Å². The highest BCUT2D eigenvalue weighted by molar-refractivity contribution is 6.30. The molecule has 1 aliphatic heterocycles. The highest BCUT2D eigenvalue weighted by Crippen LogP contribution is 2.43. The number of halogens is 2. The third-order valence-corrected chi connectivity index (χ3v) is 6.09. The van der Waals surface area contributed by atoms with Crippen LogP contribution in [0, 0.1) is 5.82 Å². The predicted octanol–water partition coefficient (Wildman–Crippen LogP) is 4.03. The molecular formula is C21H23ClFN3O. The van der Waals surface area contributed by atoms with E-state index in [1.807, 2.05) is 17.0 Å². The quantitative estimate of drug-likeness (QED) is 0.797. The van der Waals surface area contributed by atoms with E-state index in [0.717, 1.165) is 50.2 Å². The fourth-order valence-corrected chi connectivity index (χ4v) is 4.48. The van der Waals surface area contributed by atoms with Crippen molar-refractivity contribution in [3.8, 4) is 0 Å². The summed E-state index contributed by atoms with van der Waals surface area (Å²) in [5, 5.41) is 0.620. The van der Waals surface area contributed by atoms with Gasteiger partial charge in [0.05, 0.1) is 10.4 Å². The van der Waals surface area contributed by atoms with E-state index in [0.29, 0.717) is 18.1 Å². The summed E-state index contributed by atoms with van der Waals surface area (Å²) in [6.07, 6.45) is 5.42. The van der Waals surface area contributed by atoms with Gasteiger partial charge in [-0.05, 0) is 42.7 Å². The molecule has 0 bridgehead atoms. The molecule has 1 amide bonds. The number of aromatic nitrogens is 1. The SMILES string of the molecule is O=C(N1CCN(c2ccc(Cl)cn2)CC1)C1(c2ccc(F)cc2)CCCC1. The fourth-order valence-electron chi connectivity index (χ4n) is 4.37. The summed E-state index contributed by atoms with van der Waals surface area (Å²) in [6, 6.07) is 10.2. The van der Waals surface area contributed by atoms with Crippen LogP contribution < -0.4 is 4.90 Å². The minimum absolute atomic E-state index is 0.190. The molecule has 27 heavy (non-hydrogen) atoms. The first-order valence-corrected chi connectivity index (χ1v) is 9.88. The average Bonchev–Trinajstić information content (AvgIpc) is 3.20. The number of hydrogen-bond donors (Lipinski definition) is 0. The Kier molecular flexibility index (Phi) is 5.04. The summed E-state index contributed by atoms with van der Waals surface area (Å²) in [4.78, 5) is 22.0. The molecule has 0 N–H and O–H groups in total. The van der Waals surface area contributed by atoms with E-state index in [4.69, 9.17) is 11.6 Å². The van der Waals surface area contributed by atoms with Crippen LogP contribution in [0.2, 0.25) is 5.02 Å². The van der Waals surface area contributed by atoms with Gasteiger partial charge in [0.2, 0.25) is 5.91 Å². The number of pyridine rings is 1. The molecule has 142 valence electrons. The van der Waals surface area contributed by atoms with Crippen molar-refractivity contribution in [2.75, 3.05) is 31.1 Å². The summed E-state index contributed by atoms with van der Waals surface area (Å²) in [6.45, 7) is 2.85. The zero-order valence-electron chi connectivity index (χ0n) is 15.2. The molecule has 0 spiro atoms. The molecule has 2 heterocycles. The molecular weight excluding hydrogens is 365 g/mol. The lowest BCUT2D eigenvalue weighted by Crippen LogP contribution is -2.54. The third-order valence-electron chi connectivity index (χ3n) is 5.87. The number of piperazine rings is 1. The zero-order valence-corrected chi connectivity index (χ0v) is 16.0. The summed E-state index contributed by atoms with van der Waals surface area (Å²) < 4.78 is 13.4. The number of anilines is 1. The molecule has 4 nitrogen and oxygen atoms in total. The van der Waals surface area contributed by atoms with Crippen molar-refractivity contribution in [1.29, 1.82) is 0 Å². The summed E-state index contributed by atoms with van der Waals surface area (Å²) in [5.74, 6) is 0.819. The lowest BCUT2D eigenvalue weighted by molar-refractivity contribution is -0.137. The van der Waals surface area contributed by atoms with E-state index in [9.17, 15) is 9.18 Å². The van der Waals surface area contributed by atoms with Gasteiger partial charge in [-0.3, -0.25) is 4.79 Å². The Labute approximate surface area is 163 Å². The number of carbonyl (C=O) groups is 1. The van der Waals surface area contributed by atoms with Gasteiger partial charge in [0.25, 0.3) is 0 Å². The number of hydrogen-bond acceptors (Lipinski definition) is 3. The highest BCUT2D eigenvalue weighted by Gasteiger charge is 2.45. The standard InChI is InChI=1S/C21H23ClFN3O/c22-17-5-8-19(24-15-17)25-11-13-26(14-12-25)20(27)21(9-1-2-10-21)16-3-6-18(23)7-4-16/h3-8,15H,1-2,9-14H2. The van der Waals surface area contributed by atoms with Crippen molar-refractivity contribution < 1.29 is 9.18 Å². The van der Waals surface area contributed by atoms with Crippen LogP contribution >= 0.6 is 11.6 Å². The normalized spacial score (nSPS) is 19.3. The monoisotopic (exact) mass is 387 g/mol. The van der Waals surface area contributed by atoms with Gasteiger partial charge < -0.3 is 9.80 Å². The van der Waals surface area contributed by atoms with Gasteiger partial charge in [-0.1, -0.05) is 36.6 Å². The first-order chi connectivity index (χ1) is 13.1. The third kappa shape index (κ3) is 3.53. The Morgan fingerprint density at radius 2 is 1.67 bits per heavy atom. The minimum Gasteiger partial charge on any atom is -0.353 e. The Balaban J connectivity index is 1.49. The first kappa shape index (κ1) is 18.2. The average molecular weight is 388 g/mol. The Bertz CT molecular complexity index is 795. The van der Waals surface area contributed by atoms with Crippen LogP contribution in [0.3, 0.4) is 0 Å². The second-order valence-electron chi connectivity index (χ2n) is 7.41. The van der Waals surface area contributed by atoms with Crippen molar-refractivity contribution >= 4 is 23.3 Å². The van der Waals surface area contributed by atoms with E-state index < -0.39 is 5.41 Å². The molecule has 1 aromatic heterocycles. The van der Waals surface area contributed by atoms with Crippen LogP contribution in [0.5, 0.6) is 0 Å². The van der Waals surface area contributed by atoms with Crippen molar-refractivity contribution in [2.24, 2.45) is 0 Å². The molecule has 0 atom stereocenters. The Morgan fingerprint density at radius 3 is 2.26 bits per heavy atom. The molecule has 2 aromatic rings. The lowest BCUT2D eigenvalue weighted by Gasteiger charge is -2.40. The molecule has 0 unspecified atom stereocenters. The maximum Gasteiger partial charge on any atom is 0.233 e. The van der Waals surface area contributed by atoms with Gasteiger partial charge in [-0.25, -0.2) is 9.37 Å². The summed E-state index contributed by atoms with van der Waals surface area (Å²) >= 11 is 5.91. The van der Waals surface area contributed by atoms with Gasteiger partial charge in [-0.2, -0.15) is 0 Å². The topological polar surface area (TPSA) is 36.4 Å². The predicted molar refractivity (Wildman–Crippen MR) is 105 cm³/mol. The maximum atomic E-state index is 13.5. The van der Waals surface area contributed by atoms with Crippen LogP contribution in [0.4, 0.5) is 10.2 Å². The molecule has 4 rings (SSSR count). The van der Waals surface area contributed by atoms with Gasteiger partial charge in [0.15, 0.2) is 0 Å². The smallest absolute Gasteiger partial charge is 0.233 e. The van der Waals surface area contributed by atoms with E-state index in [1.54, 1.807) is 18.3 Å². The van der Waals surface area contributed by atoms with E-state index in [2.05, 4.69) is 9.88 Å². The van der Waals surface area contributed by atoms with Crippen LogP contribution in [0.15, 0.2) is 42.6 Å². The van der Waals surface area contributed by atoms with Gasteiger partial charge in [-0.15, -0.1) is 0 Å². The number of carbonyl (C=O) groups excluding carboxylic acids is 1. The molecule has 1 saturated carbocycles. The molecule has 2 fully saturated rings. The lowest BCUT2D eigenvalue weighted by atomic mass is 9.77. The van der Waals surface area contributed by atoms with Gasteiger partial charge in [0, 0.05) is 32.4 Å². The highest BCUT2D eigenvalue weighted by atomic mass is 35.5. The van der Waals surface area contributed by atoms with E-state index in [-0.39, 0.29) is 11.7 Å². The van der Waals surface area contributed by atoms with E-state index >= 15 is 0 Å². The largest absolute Gasteiger partial charge is 0.353 e. The second kappa shape index (κ2) is 7.47. The number of rotatable bonds is 3. The fraction of sp³-hybridized carbons (Fsp3) is 0.429. The first-order valence-electron chi connectivity index (χ1n) is 9.50. The molecule has 2 aliphatic rings. The summed E-state index contributed by atoms with van der Waals surface area (Å²) in [7, 11) is 0. The number of amides is 1. The minimum atomic E-state index is -0.492. The summed E-state index contributed by atoms with van der Waals surface area (Å²) in [5.41, 5.74) is 0.460. The molecule has 1 aromatic carbocycles. The zero-order chi connectivity index (χ0) is 18.9. The Hall–Kier alpha value is -2.14. The van der Waals surface area contributed by atoms with Crippen molar-refractivity contribution in [1.82, 2.24) is 9.88 Å². The number of nitrogens with zero attached hydrogens (tertiary/aromatic N) is 3. The van der Waals surface area contributed by atoms with Crippen molar-refractivity contribution in [2.45, 2.75) is 31.1 Å². The van der Waals surface area contributed by atoms with Crippen molar-refractivity contribution in [3.63, 3.8) is 0 Å². The van der Waals surface area contributed by atoms with Crippen molar-refractivity contribution in [3.05, 3.63) is 59.0 Å². The van der Waals surface area contributed by atoms with Crippen LogP contribution in [-0.4, -0.2) is 42.0 Å². The Morgan fingerprint density at radius 1 is 1.00 bits per heavy atom. The molecule has 1 aliphatic carbocycles. The van der Waals surface area contributed by atoms with Gasteiger partial charge >= 0.3 is 0 Å². The maximum absolute atomic E-state index is 13.5. The van der Waals surface area contributed by atoms with Crippen LogP contribution in [-0.2, 0) is 10.2 Å². The molecule has 0 radical (unpaired) electrons. The second-order valence-corrected chi connectivity index (χ2v) is 7.85. The molecule has 6 heteroatoms. The van der Waals surface area contributed by atoms with E-state index in [1.165, 1.54) is 12.1 Å².